The second-order valence-corrected chi connectivity index (χ2v) is 14.1. The van der Waals surface area contributed by atoms with Crippen LogP contribution in [-0.2, 0) is 35.1 Å². The second kappa shape index (κ2) is 15.6. The number of hydrogen-bond acceptors (Lipinski definition) is 0. The Balaban J connectivity index is 0.000000253. The number of rotatable bonds is 2. The Morgan fingerprint density at radius 2 is 1.07 bits per heavy atom. The van der Waals surface area contributed by atoms with E-state index >= 15 is 0 Å². The van der Waals surface area contributed by atoms with Crippen molar-refractivity contribution in [2.45, 2.75) is 65.7 Å². The summed E-state index contributed by atoms with van der Waals surface area (Å²) in [6.45, 7) is 15.7. The van der Waals surface area contributed by atoms with Crippen molar-refractivity contribution in [1.29, 1.82) is 0 Å². The molecule has 0 amide bonds. The first-order valence-electron chi connectivity index (χ1n) is 14.5. The maximum atomic E-state index is 3.05. The fourth-order valence-electron chi connectivity index (χ4n) is 4.83. The van der Waals surface area contributed by atoms with Crippen molar-refractivity contribution in [3.05, 3.63) is 164 Å². The molecule has 0 saturated heterocycles. The van der Waals surface area contributed by atoms with Crippen LogP contribution in [0.3, 0.4) is 0 Å². The molecule has 0 nitrogen and oxygen atoms in total. The topological polar surface area (TPSA) is 0 Å². The fourth-order valence-corrected chi connectivity index (χ4v) is 5.65. The molecular weight excluding hydrogens is 596 g/mol. The molecule has 0 fully saturated rings. The summed E-state index contributed by atoms with van der Waals surface area (Å²) >= 11 is 1.46. The zero-order valence-electron chi connectivity index (χ0n) is 27.7. The summed E-state index contributed by atoms with van der Waals surface area (Å²) in [5, 5.41) is 5.48. The van der Waals surface area contributed by atoms with E-state index in [1.165, 1.54) is 76.8 Å². The number of hydrogen-bond donors (Lipinski definition) is 0. The van der Waals surface area contributed by atoms with Crippen LogP contribution in [0.4, 0.5) is 0 Å². The van der Waals surface area contributed by atoms with Gasteiger partial charge in [0.1, 0.15) is 0 Å². The van der Waals surface area contributed by atoms with Gasteiger partial charge in [-0.05, 0) is 10.8 Å². The van der Waals surface area contributed by atoms with Crippen molar-refractivity contribution < 1.29 is 24.2 Å². The minimum absolute atomic E-state index is 0. The van der Waals surface area contributed by atoms with E-state index in [-0.39, 0.29) is 25.7 Å². The van der Waals surface area contributed by atoms with E-state index in [9.17, 15) is 0 Å². The predicted octanol–water partition coefficient (Wildman–Crippen LogP) is 11.7. The molecule has 0 unspecified atom stereocenters. The van der Waals surface area contributed by atoms with Crippen molar-refractivity contribution in [3.8, 4) is 0 Å². The van der Waals surface area contributed by atoms with Gasteiger partial charge in [-0.15, -0.1) is 53.1 Å². The Kier molecular flexibility index (Phi) is 13.2. The molecule has 0 N–H and O–H groups in total. The van der Waals surface area contributed by atoms with Crippen molar-refractivity contribution in [1.82, 2.24) is 0 Å². The van der Waals surface area contributed by atoms with Crippen LogP contribution in [0, 0.1) is 20.9 Å². The maximum absolute atomic E-state index is 3.05. The molecule has 0 radical (unpaired) electrons. The van der Waals surface area contributed by atoms with Crippen molar-refractivity contribution in [3.63, 3.8) is 0 Å². The summed E-state index contributed by atoms with van der Waals surface area (Å²) in [5.74, 6) is 0. The Morgan fingerprint density at radius 1 is 0.651 bits per heavy atom. The molecule has 1 heteroatoms. The van der Waals surface area contributed by atoms with Gasteiger partial charge in [0.2, 0.25) is 0 Å². The summed E-state index contributed by atoms with van der Waals surface area (Å²) in [5.41, 5.74) is 7.22. The Morgan fingerprint density at radius 3 is 1.37 bits per heavy atom. The summed E-state index contributed by atoms with van der Waals surface area (Å²) < 4.78 is 1.42. The first-order chi connectivity index (χ1) is 19.4. The van der Waals surface area contributed by atoms with Crippen LogP contribution in [0.2, 0.25) is 0 Å². The van der Waals surface area contributed by atoms with Gasteiger partial charge in [0.05, 0.1) is 0 Å². The van der Waals surface area contributed by atoms with Gasteiger partial charge in [0.15, 0.2) is 0 Å². The average molecular weight is 644 g/mol. The molecule has 6 rings (SSSR count). The second-order valence-electron chi connectivity index (χ2n) is 12.9. The molecule has 224 valence electrons. The molecule has 0 spiro atoms. The molecule has 1 aliphatic rings. The van der Waals surface area contributed by atoms with Crippen LogP contribution < -0.4 is 0 Å². The molecule has 0 aromatic heterocycles. The van der Waals surface area contributed by atoms with Gasteiger partial charge < -0.3 is 14.9 Å². The first kappa shape index (κ1) is 36.2. The van der Waals surface area contributed by atoms with Gasteiger partial charge in [-0.2, -0.15) is 6.08 Å². The van der Waals surface area contributed by atoms with Gasteiger partial charge in [-0.25, -0.2) is 11.6 Å². The SMILES string of the molecule is CC(C)(C)c1ccc2c(c1)[cH-]c1cc(C(C)(C)C)ccc12.CC1=CC[C-]=C1.[CH3-].[CH3-].[Zr]=[C](c1ccccc1)c1ccccc1. The summed E-state index contributed by atoms with van der Waals surface area (Å²) in [6, 6.07) is 37.3. The summed E-state index contributed by atoms with van der Waals surface area (Å²) in [7, 11) is 0. The first-order valence-corrected chi connectivity index (χ1v) is 15.7. The van der Waals surface area contributed by atoms with Gasteiger partial charge in [-0.1, -0.05) is 76.9 Å². The van der Waals surface area contributed by atoms with Crippen LogP contribution >= 0.6 is 0 Å². The molecule has 5 aromatic carbocycles. The van der Waals surface area contributed by atoms with Crippen molar-refractivity contribution in [2.75, 3.05) is 0 Å². The van der Waals surface area contributed by atoms with Gasteiger partial charge in [0.25, 0.3) is 0 Å². The van der Waals surface area contributed by atoms with Crippen LogP contribution in [0.25, 0.3) is 21.5 Å². The quantitative estimate of drug-likeness (QED) is 0.168. The molecular formula is C42H48Zr-4. The zero-order chi connectivity index (χ0) is 29.6. The third-order valence-electron chi connectivity index (χ3n) is 7.43. The minimum atomic E-state index is 0. The van der Waals surface area contributed by atoms with Crippen LogP contribution in [-0.4, -0.2) is 3.21 Å². The number of fused-ring (bicyclic) bond motifs is 3. The average Bonchev–Trinajstić information content (AvgIpc) is 3.59. The van der Waals surface area contributed by atoms with Crippen molar-refractivity contribution in [2.24, 2.45) is 0 Å². The van der Waals surface area contributed by atoms with E-state index in [0.29, 0.717) is 0 Å². The molecule has 1 aliphatic carbocycles. The van der Waals surface area contributed by atoms with Crippen molar-refractivity contribution >= 4 is 24.8 Å². The predicted molar refractivity (Wildman–Crippen MR) is 190 cm³/mol. The van der Waals surface area contributed by atoms with E-state index in [2.05, 4.69) is 164 Å². The van der Waals surface area contributed by atoms with E-state index in [1.54, 1.807) is 0 Å². The third kappa shape index (κ3) is 9.74. The Hall–Kier alpha value is -3.02. The molecule has 0 atom stereocenters. The van der Waals surface area contributed by atoms with E-state index in [4.69, 9.17) is 0 Å². The van der Waals surface area contributed by atoms with Gasteiger partial charge in [0, 0.05) is 0 Å². The molecule has 0 bridgehead atoms. The number of benzene rings is 4. The molecule has 5 aromatic rings. The number of allylic oxidation sites excluding steroid dienone is 4. The molecule has 0 heterocycles. The normalized spacial score (nSPS) is 12.2. The van der Waals surface area contributed by atoms with E-state index < -0.39 is 0 Å². The third-order valence-corrected chi connectivity index (χ3v) is 8.85. The van der Waals surface area contributed by atoms with Crippen LogP contribution in [0.1, 0.15) is 77.1 Å². The zero-order valence-corrected chi connectivity index (χ0v) is 30.1. The van der Waals surface area contributed by atoms with E-state index in [1.807, 2.05) is 6.08 Å². The molecule has 0 saturated carbocycles. The Bertz CT molecular complexity index is 1550. The Labute approximate surface area is 277 Å². The fraction of sp³-hybridized carbons (Fsp3) is 0.238. The monoisotopic (exact) mass is 642 g/mol. The van der Waals surface area contributed by atoms with Gasteiger partial charge in [-0.3, -0.25) is 6.08 Å². The van der Waals surface area contributed by atoms with E-state index in [0.717, 1.165) is 6.42 Å². The summed E-state index contributed by atoms with van der Waals surface area (Å²) in [6.07, 6.45) is 8.24. The summed E-state index contributed by atoms with van der Waals surface area (Å²) in [4.78, 5) is 0. The molecule has 43 heavy (non-hydrogen) atoms. The standard InChI is InChI=1S/C21H25.C13H10.C6H7.2CH3.Zr/c1-20(2,3)16-7-9-18-14(12-16)11-15-13-17(21(4,5)6)8-10-19(15)18;1-3-7-12(8-4-1)11-13-9-5-2-6-10-13;1-6-4-2-3-5-6;;;/h7-13H,1-6H3;1-10H;4-5H,2H2,1H3;2*1H3;/q-1;;3*-1;. The van der Waals surface area contributed by atoms with Gasteiger partial charge >= 0.3 is 99.2 Å². The van der Waals surface area contributed by atoms with Crippen LogP contribution in [0.15, 0.2) is 121 Å². The van der Waals surface area contributed by atoms with Crippen LogP contribution in [0.5, 0.6) is 0 Å². The molecule has 0 aliphatic heterocycles.